The average Bonchev–Trinajstić information content (AvgIpc) is 1.69. The van der Waals surface area contributed by atoms with E-state index in [-0.39, 0.29) is 0 Å². The summed E-state index contributed by atoms with van der Waals surface area (Å²) in [5, 5.41) is 3.16. The van der Waals surface area contributed by atoms with Gasteiger partial charge < -0.3 is 16.8 Å². The van der Waals surface area contributed by atoms with Gasteiger partial charge in [-0.15, -0.1) is 0 Å². The normalized spacial score (nSPS) is 9.43. The van der Waals surface area contributed by atoms with Crippen LogP contribution in [0.1, 0.15) is 0 Å². The van der Waals surface area contributed by atoms with Crippen LogP contribution >= 0.6 is 0 Å². The van der Waals surface area contributed by atoms with Crippen LogP contribution in [0.2, 0.25) is 0 Å². The molecule has 0 aromatic rings. The van der Waals surface area contributed by atoms with E-state index in [1.165, 1.54) is 0 Å². The summed E-state index contributed by atoms with van der Waals surface area (Å²) in [6.45, 7) is 3.99. The molecule has 0 aromatic heterocycles. The van der Waals surface area contributed by atoms with Crippen molar-refractivity contribution in [2.75, 3.05) is 26.2 Å². The zero-order valence-corrected chi connectivity index (χ0v) is 4.74. The van der Waals surface area contributed by atoms with Crippen LogP contribution in [-0.2, 0) is 0 Å². The lowest BCUT2D eigenvalue weighted by molar-refractivity contribution is -0.370. The Hall–Kier alpha value is -0.120. The van der Waals surface area contributed by atoms with Gasteiger partial charge in [0.2, 0.25) is 0 Å². The van der Waals surface area contributed by atoms with Crippen molar-refractivity contribution in [2.24, 2.45) is 0 Å². The summed E-state index contributed by atoms with van der Waals surface area (Å²) in [5.41, 5.74) is 7.35. The van der Waals surface area contributed by atoms with E-state index in [1.807, 2.05) is 0 Å². The minimum atomic E-state index is 0.972. The first kappa shape index (κ1) is 6.88. The molecule has 0 unspecified atom stereocenters. The van der Waals surface area contributed by atoms with Gasteiger partial charge in [-0.2, -0.15) is 0 Å². The fourth-order valence-electron chi connectivity index (χ4n) is 0.375. The average molecular weight is 105 g/mol. The van der Waals surface area contributed by atoms with Crippen LogP contribution in [0, 0.1) is 0 Å². The first-order valence-corrected chi connectivity index (χ1v) is 2.71. The van der Waals surface area contributed by atoms with E-state index in [4.69, 9.17) is 0 Å². The van der Waals surface area contributed by atoms with Crippen LogP contribution in [0.25, 0.3) is 0 Å². The highest BCUT2D eigenvalue weighted by Crippen LogP contribution is 1.46. The second-order valence-corrected chi connectivity index (χ2v) is 1.46. The van der Waals surface area contributed by atoms with Crippen LogP contribution in [0.5, 0.6) is 0 Å². The van der Waals surface area contributed by atoms with Gasteiger partial charge in [-0.1, -0.05) is 0 Å². The van der Waals surface area contributed by atoms with Gasteiger partial charge in [-0.3, -0.25) is 0 Å². The van der Waals surface area contributed by atoms with Gasteiger partial charge in [-0.25, -0.2) is 0 Å². The lowest BCUT2D eigenvalue weighted by Gasteiger charge is -1.92. The van der Waals surface area contributed by atoms with Crippen molar-refractivity contribution in [3.63, 3.8) is 0 Å². The summed E-state index contributed by atoms with van der Waals surface area (Å²) in [4.78, 5) is 0. The molecule has 0 heterocycles. The summed E-state index contributed by atoms with van der Waals surface area (Å²) in [5.74, 6) is 0. The monoisotopic (exact) mass is 105 g/mol. The molecule has 0 aromatic carbocycles. The number of quaternary nitrogens is 2. The number of hydrogen-bond acceptors (Lipinski definition) is 1. The third-order valence-corrected chi connectivity index (χ3v) is 0.707. The van der Waals surface area contributed by atoms with Crippen molar-refractivity contribution in [3.8, 4) is 0 Å². The number of rotatable bonds is 4. The van der Waals surface area contributed by atoms with E-state index in [0.717, 1.165) is 26.2 Å². The summed E-state index contributed by atoms with van der Waals surface area (Å²) >= 11 is 0. The molecule has 44 valence electrons. The summed E-state index contributed by atoms with van der Waals surface area (Å²) in [7, 11) is 0. The molecule has 0 saturated heterocycles. The van der Waals surface area contributed by atoms with Crippen molar-refractivity contribution >= 4 is 0 Å². The molecule has 7 heavy (non-hydrogen) atoms. The van der Waals surface area contributed by atoms with E-state index in [9.17, 15) is 0 Å². The molecule has 7 N–H and O–H groups in total. The second-order valence-electron chi connectivity index (χ2n) is 1.46. The molecule has 0 aliphatic carbocycles. The largest absolute Gasteiger partial charge is 0.357 e. The van der Waals surface area contributed by atoms with Gasteiger partial charge in [-0.05, 0) is 0 Å². The predicted molar refractivity (Wildman–Crippen MR) is 28.4 cm³/mol. The predicted octanol–water partition coefficient (Wildman–Crippen LogP) is -2.94. The Bertz CT molecular complexity index is 26.1. The molecule has 0 spiro atoms. The molecule has 0 saturated carbocycles. The van der Waals surface area contributed by atoms with Crippen molar-refractivity contribution in [2.45, 2.75) is 0 Å². The molecule has 0 bridgehead atoms. The van der Waals surface area contributed by atoms with Crippen LogP contribution < -0.4 is 16.8 Å². The van der Waals surface area contributed by atoms with E-state index < -0.39 is 0 Å². The highest BCUT2D eigenvalue weighted by Gasteiger charge is 1.80. The Kier molecular flexibility index (Phi) is 5.78. The Morgan fingerprint density at radius 3 is 1.71 bits per heavy atom. The first-order valence-electron chi connectivity index (χ1n) is 2.71. The fourth-order valence-corrected chi connectivity index (χ4v) is 0.375. The number of hydrogen-bond donors (Lipinski definition) is 3. The van der Waals surface area contributed by atoms with Gasteiger partial charge in [0.05, 0.1) is 13.1 Å². The standard InChI is InChI=1S/C4H13N3/c5-1-3-7-4-2-6/h7H,1-6H2/p+2. The molecule has 0 aliphatic rings. The van der Waals surface area contributed by atoms with E-state index in [2.05, 4.69) is 16.8 Å². The lowest BCUT2D eigenvalue weighted by atomic mass is 10.6. The molecule has 0 radical (unpaired) electrons. The van der Waals surface area contributed by atoms with E-state index in [1.54, 1.807) is 0 Å². The summed E-state index contributed by atoms with van der Waals surface area (Å²) < 4.78 is 0. The van der Waals surface area contributed by atoms with Crippen molar-refractivity contribution in [1.29, 1.82) is 0 Å². The smallest absolute Gasteiger partial charge is 0.0866 e. The molecule has 0 aliphatic heterocycles. The Labute approximate surface area is 44.1 Å². The maximum Gasteiger partial charge on any atom is 0.0866 e. The highest BCUT2D eigenvalue weighted by atomic mass is 14.9. The highest BCUT2D eigenvalue weighted by molar-refractivity contribution is 4.38. The summed E-state index contributed by atoms with van der Waals surface area (Å²) in [6, 6.07) is 0. The quantitative estimate of drug-likeness (QED) is 0.329. The van der Waals surface area contributed by atoms with Crippen molar-refractivity contribution in [1.82, 2.24) is 5.32 Å². The second kappa shape index (κ2) is 5.88. The maximum atomic E-state index is 3.67. The molecule has 3 nitrogen and oxygen atoms in total. The Morgan fingerprint density at radius 1 is 1.00 bits per heavy atom. The summed E-state index contributed by atoms with van der Waals surface area (Å²) in [6.07, 6.45) is 0. The van der Waals surface area contributed by atoms with Gasteiger partial charge >= 0.3 is 0 Å². The van der Waals surface area contributed by atoms with E-state index >= 15 is 0 Å². The van der Waals surface area contributed by atoms with Crippen LogP contribution in [0.15, 0.2) is 0 Å². The van der Waals surface area contributed by atoms with Crippen molar-refractivity contribution in [3.05, 3.63) is 0 Å². The minimum absolute atomic E-state index is 0.972. The van der Waals surface area contributed by atoms with Gasteiger partial charge in [0.1, 0.15) is 0 Å². The Morgan fingerprint density at radius 2 is 1.43 bits per heavy atom. The lowest BCUT2D eigenvalue weighted by Crippen LogP contribution is -2.57. The molecule has 0 amide bonds. The zero-order valence-electron chi connectivity index (χ0n) is 4.74. The minimum Gasteiger partial charge on any atom is -0.357 e. The van der Waals surface area contributed by atoms with Crippen LogP contribution in [0.3, 0.4) is 0 Å². The van der Waals surface area contributed by atoms with Gasteiger partial charge in [0, 0.05) is 13.1 Å². The van der Waals surface area contributed by atoms with Gasteiger partial charge in [0.15, 0.2) is 0 Å². The van der Waals surface area contributed by atoms with Gasteiger partial charge in [0.25, 0.3) is 0 Å². The molecule has 3 heteroatoms. The first-order chi connectivity index (χ1) is 3.41. The zero-order chi connectivity index (χ0) is 5.54. The third kappa shape index (κ3) is 5.88. The third-order valence-electron chi connectivity index (χ3n) is 0.707. The fraction of sp³-hybridized carbons (Fsp3) is 1.00. The van der Waals surface area contributed by atoms with E-state index in [0.29, 0.717) is 0 Å². The SMILES string of the molecule is [NH3+]CCNCC[NH3+]. The Balaban J connectivity index is 2.45. The van der Waals surface area contributed by atoms with Crippen LogP contribution in [0.4, 0.5) is 0 Å². The molecular formula is C4H15N3+2. The topological polar surface area (TPSA) is 67.3 Å². The van der Waals surface area contributed by atoms with Crippen LogP contribution in [-0.4, -0.2) is 26.2 Å². The van der Waals surface area contributed by atoms with Crippen molar-refractivity contribution < 1.29 is 11.5 Å². The molecule has 0 rings (SSSR count). The molecule has 0 fully saturated rings. The molecular weight excluding hydrogens is 90.1 g/mol. The molecule has 0 atom stereocenters. The number of nitrogens with one attached hydrogen (secondary N) is 1. The maximum absolute atomic E-state index is 3.67.